The van der Waals surface area contributed by atoms with Crippen LogP contribution in [0.15, 0.2) is 24.4 Å². The van der Waals surface area contributed by atoms with Gasteiger partial charge in [0.25, 0.3) is 5.91 Å². The Bertz CT molecular complexity index is 1380. The number of nitrogens with zero attached hydrogens (tertiary/aromatic N) is 2. The van der Waals surface area contributed by atoms with Gasteiger partial charge < -0.3 is 25.1 Å². The second kappa shape index (κ2) is 9.44. The third kappa shape index (κ3) is 4.57. The summed E-state index contributed by atoms with van der Waals surface area (Å²) in [5.41, 5.74) is 9.55. The third-order valence-corrected chi connectivity index (χ3v) is 8.25. The van der Waals surface area contributed by atoms with E-state index in [2.05, 4.69) is 14.7 Å². The van der Waals surface area contributed by atoms with E-state index in [0.29, 0.717) is 49.0 Å². The van der Waals surface area contributed by atoms with E-state index < -0.39 is 12.1 Å². The quantitative estimate of drug-likeness (QED) is 0.368. The molecule has 0 saturated carbocycles. The summed E-state index contributed by atoms with van der Waals surface area (Å²) in [6.07, 6.45) is 0.308. The Hall–Kier alpha value is -3.34. The van der Waals surface area contributed by atoms with Crippen LogP contribution < -0.4 is 10.5 Å². The highest BCUT2D eigenvalue weighted by Crippen LogP contribution is 2.42. The van der Waals surface area contributed by atoms with Gasteiger partial charge in [0.05, 0.1) is 11.8 Å². The van der Waals surface area contributed by atoms with Gasteiger partial charge >= 0.3 is 6.36 Å². The van der Waals surface area contributed by atoms with Crippen molar-refractivity contribution in [3.8, 4) is 5.75 Å². The molecule has 1 unspecified atom stereocenters. The maximum Gasteiger partial charge on any atom is 0.573 e. The molecule has 1 aromatic carbocycles. The van der Waals surface area contributed by atoms with Crippen molar-refractivity contribution in [1.82, 2.24) is 14.9 Å². The molecule has 3 N–H and O–H groups in total. The number of ether oxygens (including phenoxy) is 2. The molecule has 4 heterocycles. The molecule has 2 aromatic heterocycles. The minimum absolute atomic E-state index is 0.0929. The summed E-state index contributed by atoms with van der Waals surface area (Å²) < 4.78 is 62.4. The number of amides is 1. The molecule has 0 radical (unpaired) electrons. The van der Waals surface area contributed by atoms with Crippen molar-refractivity contribution in [1.29, 1.82) is 0 Å². The minimum atomic E-state index is -4.85. The van der Waals surface area contributed by atoms with Crippen molar-refractivity contribution in [3.05, 3.63) is 52.6 Å². The number of hydrogen-bond donors (Lipinski definition) is 2. The lowest BCUT2D eigenvalue weighted by atomic mass is 9.75. The van der Waals surface area contributed by atoms with E-state index in [1.54, 1.807) is 4.90 Å². The number of alkyl halides is 3. The topological polar surface area (TPSA) is 93.5 Å². The SMILES string of the molecule is Nc1cc(OC(F)(F)F)ccc1C(=O)N1CCC(c2c(F)cnc3[nH]c4c(c23)C[C@@H]2COCCC2C4)CC1. The molecule has 1 aliphatic carbocycles. The van der Waals surface area contributed by atoms with Crippen LogP contribution in [-0.4, -0.2) is 53.4 Å². The van der Waals surface area contributed by atoms with Gasteiger partial charge in [0, 0.05) is 54.7 Å². The second-order valence-corrected chi connectivity index (χ2v) is 10.5. The van der Waals surface area contributed by atoms with Crippen molar-refractivity contribution in [2.75, 3.05) is 32.0 Å². The number of carbonyl (C=O) groups excluding carboxylic acids is 1. The number of fused-ring (bicyclic) bond motifs is 4. The maximum absolute atomic E-state index is 15.3. The van der Waals surface area contributed by atoms with Gasteiger partial charge in [-0.05, 0) is 67.6 Å². The normalized spacial score (nSPS) is 22.3. The van der Waals surface area contributed by atoms with E-state index in [1.807, 2.05) is 0 Å². The highest BCUT2D eigenvalue weighted by atomic mass is 19.4. The number of rotatable bonds is 3. The minimum Gasteiger partial charge on any atom is -0.406 e. The average Bonchev–Trinajstić information content (AvgIpc) is 3.23. The number of nitrogens with two attached hydrogens (primary N) is 1. The number of likely N-dealkylation sites (tertiary alicyclic amines) is 1. The first-order valence-electron chi connectivity index (χ1n) is 12.9. The van der Waals surface area contributed by atoms with Crippen LogP contribution in [0.1, 0.15) is 52.4 Å². The van der Waals surface area contributed by atoms with E-state index in [0.717, 1.165) is 61.3 Å². The van der Waals surface area contributed by atoms with Gasteiger partial charge in [-0.2, -0.15) is 0 Å². The van der Waals surface area contributed by atoms with E-state index in [1.165, 1.54) is 12.3 Å². The number of pyridine rings is 1. The van der Waals surface area contributed by atoms with Crippen LogP contribution in [0.5, 0.6) is 5.75 Å². The Labute approximate surface area is 216 Å². The third-order valence-electron chi connectivity index (χ3n) is 8.25. The first-order chi connectivity index (χ1) is 18.2. The molecule has 38 heavy (non-hydrogen) atoms. The molecule has 0 spiro atoms. The molecule has 3 aromatic rings. The molecule has 3 aliphatic rings. The lowest BCUT2D eigenvalue weighted by Gasteiger charge is -2.36. The van der Waals surface area contributed by atoms with Gasteiger partial charge in [-0.3, -0.25) is 4.79 Å². The summed E-state index contributed by atoms with van der Waals surface area (Å²) in [6, 6.07) is 3.31. The first-order valence-corrected chi connectivity index (χ1v) is 12.9. The smallest absolute Gasteiger partial charge is 0.406 e. The molecular formula is C27H28F4N4O3. The first kappa shape index (κ1) is 25.0. The predicted octanol–water partition coefficient (Wildman–Crippen LogP) is 4.95. The van der Waals surface area contributed by atoms with Gasteiger partial charge in [0.1, 0.15) is 17.2 Å². The predicted molar refractivity (Wildman–Crippen MR) is 131 cm³/mol. The van der Waals surface area contributed by atoms with Crippen LogP contribution in [0.3, 0.4) is 0 Å². The molecule has 2 atom stereocenters. The number of anilines is 1. The Kier molecular flexibility index (Phi) is 6.20. The lowest BCUT2D eigenvalue weighted by Crippen LogP contribution is -2.38. The zero-order chi connectivity index (χ0) is 26.6. The van der Waals surface area contributed by atoms with Crippen molar-refractivity contribution < 1.29 is 31.8 Å². The average molecular weight is 533 g/mol. The highest BCUT2D eigenvalue weighted by molar-refractivity contribution is 5.99. The number of aromatic amines is 1. The number of aromatic nitrogens is 2. The molecule has 2 fully saturated rings. The zero-order valence-electron chi connectivity index (χ0n) is 20.6. The fraction of sp³-hybridized carbons (Fsp3) is 0.481. The van der Waals surface area contributed by atoms with E-state index in [9.17, 15) is 18.0 Å². The summed E-state index contributed by atoms with van der Waals surface area (Å²) in [7, 11) is 0. The molecule has 6 rings (SSSR count). The number of H-pyrrole nitrogens is 1. The van der Waals surface area contributed by atoms with E-state index in [-0.39, 0.29) is 28.9 Å². The van der Waals surface area contributed by atoms with Crippen molar-refractivity contribution in [3.63, 3.8) is 0 Å². The summed E-state index contributed by atoms with van der Waals surface area (Å²) in [5, 5.41) is 0.873. The van der Waals surface area contributed by atoms with Crippen LogP contribution in [-0.2, 0) is 17.6 Å². The molecule has 202 valence electrons. The molecule has 11 heteroatoms. The molecule has 2 saturated heterocycles. The maximum atomic E-state index is 15.3. The van der Waals surface area contributed by atoms with Gasteiger partial charge in [0.2, 0.25) is 0 Å². The van der Waals surface area contributed by atoms with Crippen LogP contribution in [0, 0.1) is 17.7 Å². The number of nitrogen functional groups attached to an aromatic ring is 1. The Morgan fingerprint density at radius 2 is 1.95 bits per heavy atom. The number of halogens is 4. The van der Waals surface area contributed by atoms with Crippen molar-refractivity contribution >= 4 is 22.6 Å². The number of benzene rings is 1. The molecule has 7 nitrogen and oxygen atoms in total. The summed E-state index contributed by atoms with van der Waals surface area (Å²) in [6.45, 7) is 2.25. The molecule has 2 aliphatic heterocycles. The standard InChI is InChI=1S/C27H28F4N4O3/c28-20-12-33-25-24(19-9-16-13-37-8-5-15(16)10-22(19)34-25)23(20)14-3-6-35(7-4-14)26(36)18-2-1-17(11-21(18)32)38-27(29,30)31/h1-2,11-12,14-16H,3-10,13,32H2,(H,33,34)/t15?,16-/m1/s1. The highest BCUT2D eigenvalue weighted by Gasteiger charge is 2.36. The fourth-order valence-electron chi connectivity index (χ4n) is 6.40. The van der Waals surface area contributed by atoms with Crippen LogP contribution in [0.25, 0.3) is 11.0 Å². The molecular weight excluding hydrogens is 504 g/mol. The fourth-order valence-corrected chi connectivity index (χ4v) is 6.40. The lowest BCUT2D eigenvalue weighted by molar-refractivity contribution is -0.274. The number of carbonyl (C=O) groups is 1. The Balaban J connectivity index is 1.21. The van der Waals surface area contributed by atoms with Crippen LogP contribution in [0.2, 0.25) is 0 Å². The van der Waals surface area contributed by atoms with Crippen molar-refractivity contribution in [2.45, 2.75) is 44.4 Å². The Morgan fingerprint density at radius 1 is 1.16 bits per heavy atom. The van der Waals surface area contributed by atoms with Gasteiger partial charge in [-0.15, -0.1) is 13.2 Å². The zero-order valence-corrected chi connectivity index (χ0v) is 20.6. The second-order valence-electron chi connectivity index (χ2n) is 10.5. The number of piperidine rings is 1. The van der Waals surface area contributed by atoms with Gasteiger partial charge in [0.15, 0.2) is 0 Å². The Morgan fingerprint density at radius 3 is 2.68 bits per heavy atom. The van der Waals surface area contributed by atoms with Gasteiger partial charge in [-0.25, -0.2) is 9.37 Å². The summed E-state index contributed by atoms with van der Waals surface area (Å²) in [5.74, 6) is -0.302. The summed E-state index contributed by atoms with van der Waals surface area (Å²) >= 11 is 0. The van der Waals surface area contributed by atoms with Gasteiger partial charge in [-0.1, -0.05) is 0 Å². The number of hydrogen-bond acceptors (Lipinski definition) is 5. The number of nitrogens with one attached hydrogen (secondary N) is 1. The largest absolute Gasteiger partial charge is 0.573 e. The monoisotopic (exact) mass is 532 g/mol. The van der Waals surface area contributed by atoms with Crippen LogP contribution in [0.4, 0.5) is 23.2 Å². The molecule has 1 amide bonds. The van der Waals surface area contributed by atoms with E-state index in [4.69, 9.17) is 10.5 Å². The van der Waals surface area contributed by atoms with E-state index >= 15 is 4.39 Å². The summed E-state index contributed by atoms with van der Waals surface area (Å²) in [4.78, 5) is 22.5. The molecule has 0 bridgehead atoms. The van der Waals surface area contributed by atoms with Crippen LogP contribution >= 0.6 is 0 Å². The van der Waals surface area contributed by atoms with Crippen molar-refractivity contribution in [2.24, 2.45) is 11.8 Å².